The summed E-state index contributed by atoms with van der Waals surface area (Å²) in [6.45, 7) is 0. The standard InChI is InChI=1S/C29H14BrFN4/c30-20-9-11-22-24(14-20)23-13-17(6-7-18-3-2-12-33-16-18)8-10-21(23)27-28(22)35-29(34-27)26-19(15-32)4-1-5-25(26)31/h1-5,8-14,16H,(H,34,35). The number of nitrogens with one attached hydrogen (secondary N) is 1. The van der Waals surface area contributed by atoms with Gasteiger partial charge in [0.05, 0.1) is 28.2 Å². The second-order valence-corrected chi connectivity index (χ2v) is 8.94. The van der Waals surface area contributed by atoms with Gasteiger partial charge in [-0.3, -0.25) is 4.98 Å². The van der Waals surface area contributed by atoms with Crippen LogP contribution in [0.25, 0.3) is 44.0 Å². The van der Waals surface area contributed by atoms with Crippen molar-refractivity contribution >= 4 is 48.5 Å². The van der Waals surface area contributed by atoms with Crippen molar-refractivity contribution in [2.24, 2.45) is 0 Å². The van der Waals surface area contributed by atoms with Crippen LogP contribution in [0.4, 0.5) is 4.39 Å². The van der Waals surface area contributed by atoms with Crippen molar-refractivity contribution in [2.75, 3.05) is 0 Å². The molecule has 0 aliphatic rings. The summed E-state index contributed by atoms with van der Waals surface area (Å²) in [5, 5.41) is 13.4. The number of nitriles is 1. The molecule has 0 radical (unpaired) electrons. The summed E-state index contributed by atoms with van der Waals surface area (Å²) >= 11 is 3.58. The van der Waals surface area contributed by atoms with E-state index in [0.29, 0.717) is 5.82 Å². The molecule has 35 heavy (non-hydrogen) atoms. The Hall–Kier alpha value is -4.52. The summed E-state index contributed by atoms with van der Waals surface area (Å²) in [6.07, 6.45) is 3.45. The molecule has 0 fully saturated rings. The highest BCUT2D eigenvalue weighted by Crippen LogP contribution is 2.37. The summed E-state index contributed by atoms with van der Waals surface area (Å²) in [7, 11) is 0. The fraction of sp³-hybridized carbons (Fsp3) is 0. The van der Waals surface area contributed by atoms with Crippen LogP contribution in [0.3, 0.4) is 0 Å². The fourth-order valence-corrected chi connectivity index (χ4v) is 4.69. The Balaban J connectivity index is 1.64. The lowest BCUT2D eigenvalue weighted by atomic mass is 9.98. The van der Waals surface area contributed by atoms with E-state index in [1.165, 1.54) is 12.1 Å². The van der Waals surface area contributed by atoms with Gasteiger partial charge in [-0.15, -0.1) is 0 Å². The van der Waals surface area contributed by atoms with Crippen molar-refractivity contribution in [3.05, 3.63) is 106 Å². The third kappa shape index (κ3) is 3.61. The molecule has 4 aromatic carbocycles. The van der Waals surface area contributed by atoms with Gasteiger partial charge in [0.1, 0.15) is 11.6 Å². The minimum absolute atomic E-state index is 0.170. The van der Waals surface area contributed by atoms with Gasteiger partial charge in [-0.25, -0.2) is 9.37 Å². The molecular formula is C29H14BrFN4. The quantitative estimate of drug-likeness (QED) is 0.187. The molecule has 0 aliphatic heterocycles. The first-order valence-corrected chi connectivity index (χ1v) is 11.6. The third-order valence-electron chi connectivity index (χ3n) is 5.90. The molecule has 0 unspecified atom stereocenters. The number of rotatable bonds is 1. The molecule has 0 spiro atoms. The summed E-state index contributed by atoms with van der Waals surface area (Å²) in [5.41, 5.74) is 3.60. The van der Waals surface area contributed by atoms with Gasteiger partial charge in [-0.05, 0) is 59.3 Å². The van der Waals surface area contributed by atoms with E-state index in [0.717, 1.165) is 48.2 Å². The number of aromatic amines is 1. The largest absolute Gasteiger partial charge is 0.337 e. The first kappa shape index (κ1) is 21.0. The average molecular weight is 517 g/mol. The maximum atomic E-state index is 14.8. The molecule has 6 aromatic rings. The van der Waals surface area contributed by atoms with Crippen LogP contribution in [-0.2, 0) is 0 Å². The molecule has 4 nitrogen and oxygen atoms in total. The summed E-state index contributed by atoms with van der Waals surface area (Å²) < 4.78 is 15.7. The maximum absolute atomic E-state index is 14.8. The van der Waals surface area contributed by atoms with Gasteiger partial charge in [-0.2, -0.15) is 5.26 Å². The fourth-order valence-electron chi connectivity index (χ4n) is 4.33. The molecule has 2 aromatic heterocycles. The minimum atomic E-state index is -0.493. The molecule has 2 heterocycles. The number of hydrogen-bond donors (Lipinski definition) is 1. The second-order valence-electron chi connectivity index (χ2n) is 8.03. The molecule has 0 atom stereocenters. The van der Waals surface area contributed by atoms with Gasteiger partial charge < -0.3 is 4.98 Å². The molecule has 0 bridgehead atoms. The number of imidazole rings is 1. The molecule has 6 heteroatoms. The topological polar surface area (TPSA) is 65.4 Å². The molecule has 1 N–H and O–H groups in total. The lowest BCUT2D eigenvalue weighted by molar-refractivity contribution is 0.630. The normalized spacial score (nSPS) is 10.9. The van der Waals surface area contributed by atoms with Crippen LogP contribution in [-0.4, -0.2) is 15.0 Å². The smallest absolute Gasteiger partial charge is 0.142 e. The van der Waals surface area contributed by atoms with E-state index in [1.54, 1.807) is 18.5 Å². The van der Waals surface area contributed by atoms with Crippen LogP contribution < -0.4 is 0 Å². The minimum Gasteiger partial charge on any atom is -0.337 e. The van der Waals surface area contributed by atoms with Gasteiger partial charge in [0.15, 0.2) is 0 Å². The van der Waals surface area contributed by atoms with Crippen LogP contribution in [0, 0.1) is 29.0 Å². The van der Waals surface area contributed by atoms with Crippen LogP contribution in [0.5, 0.6) is 0 Å². The van der Waals surface area contributed by atoms with Crippen molar-refractivity contribution in [3.8, 4) is 29.3 Å². The number of hydrogen-bond acceptors (Lipinski definition) is 3. The van der Waals surface area contributed by atoms with E-state index < -0.39 is 5.82 Å². The molecule has 164 valence electrons. The number of aromatic nitrogens is 3. The highest BCUT2D eigenvalue weighted by atomic mass is 79.9. The Morgan fingerprint density at radius 1 is 0.857 bits per heavy atom. The zero-order chi connectivity index (χ0) is 23.9. The number of nitrogens with zero attached hydrogens (tertiary/aromatic N) is 3. The van der Waals surface area contributed by atoms with Crippen molar-refractivity contribution in [1.82, 2.24) is 15.0 Å². The first-order valence-electron chi connectivity index (χ1n) is 10.8. The Labute approximate surface area is 208 Å². The van der Waals surface area contributed by atoms with Gasteiger partial charge >= 0.3 is 0 Å². The number of pyridine rings is 1. The Kier molecular flexibility index (Phi) is 5.03. The van der Waals surface area contributed by atoms with E-state index in [2.05, 4.69) is 49.9 Å². The van der Waals surface area contributed by atoms with Crippen molar-refractivity contribution in [2.45, 2.75) is 0 Å². The first-order chi connectivity index (χ1) is 17.1. The van der Waals surface area contributed by atoms with Crippen LogP contribution in [0.15, 0.2) is 83.6 Å². The Morgan fingerprint density at radius 3 is 2.51 bits per heavy atom. The maximum Gasteiger partial charge on any atom is 0.142 e. The molecule has 0 amide bonds. The lowest BCUT2D eigenvalue weighted by Crippen LogP contribution is -1.91. The zero-order valence-corrected chi connectivity index (χ0v) is 19.7. The van der Waals surface area contributed by atoms with Gasteiger partial charge in [0.25, 0.3) is 0 Å². The van der Waals surface area contributed by atoms with Gasteiger partial charge in [0.2, 0.25) is 0 Å². The Bertz CT molecular complexity index is 1890. The lowest BCUT2D eigenvalue weighted by Gasteiger charge is -2.07. The van der Waals surface area contributed by atoms with E-state index >= 15 is 0 Å². The monoisotopic (exact) mass is 516 g/mol. The molecular weight excluding hydrogens is 503 g/mol. The summed E-state index contributed by atoms with van der Waals surface area (Å²) in [4.78, 5) is 12.2. The predicted octanol–water partition coefficient (Wildman–Crippen LogP) is 7.10. The summed E-state index contributed by atoms with van der Waals surface area (Å²) in [5.74, 6) is 6.21. The second kappa shape index (κ2) is 8.36. The van der Waals surface area contributed by atoms with E-state index in [4.69, 9.17) is 4.98 Å². The van der Waals surface area contributed by atoms with Gasteiger partial charge in [0, 0.05) is 38.8 Å². The zero-order valence-electron chi connectivity index (χ0n) is 18.1. The SMILES string of the molecule is N#Cc1cccc(F)c1-c1nc2c3ccc(Br)cc3c3cc(C#Cc4cccnc4)ccc3c2[nH]1. The van der Waals surface area contributed by atoms with Gasteiger partial charge in [-0.1, -0.05) is 46.0 Å². The molecule has 0 saturated carbocycles. The molecule has 6 rings (SSSR count). The van der Waals surface area contributed by atoms with Crippen molar-refractivity contribution in [3.63, 3.8) is 0 Å². The third-order valence-corrected chi connectivity index (χ3v) is 6.40. The van der Waals surface area contributed by atoms with Crippen molar-refractivity contribution < 1.29 is 4.39 Å². The number of halogens is 2. The average Bonchev–Trinajstić information content (AvgIpc) is 3.33. The summed E-state index contributed by atoms with van der Waals surface area (Å²) in [6, 6.07) is 22.3. The van der Waals surface area contributed by atoms with Crippen molar-refractivity contribution in [1.29, 1.82) is 5.26 Å². The van der Waals surface area contributed by atoms with Crippen LogP contribution in [0.1, 0.15) is 16.7 Å². The number of benzene rings is 4. The van der Waals surface area contributed by atoms with Crippen LogP contribution in [0.2, 0.25) is 0 Å². The Morgan fingerprint density at radius 2 is 1.69 bits per heavy atom. The number of H-pyrrole nitrogens is 1. The number of fused-ring (bicyclic) bond motifs is 6. The highest BCUT2D eigenvalue weighted by Gasteiger charge is 2.18. The predicted molar refractivity (Wildman–Crippen MR) is 139 cm³/mol. The highest BCUT2D eigenvalue weighted by molar-refractivity contribution is 9.10. The molecule has 0 aliphatic carbocycles. The van der Waals surface area contributed by atoms with E-state index in [-0.39, 0.29) is 11.1 Å². The van der Waals surface area contributed by atoms with E-state index in [9.17, 15) is 9.65 Å². The van der Waals surface area contributed by atoms with Crippen LogP contribution >= 0.6 is 15.9 Å². The van der Waals surface area contributed by atoms with E-state index in [1.807, 2.05) is 42.5 Å². The molecule has 0 saturated heterocycles.